The highest BCUT2D eigenvalue weighted by Gasteiger charge is 2.15. The molecule has 1 aliphatic heterocycles. The van der Waals surface area contributed by atoms with E-state index in [0.717, 1.165) is 25.2 Å². The smallest absolute Gasteiger partial charge is 0.199 e. The van der Waals surface area contributed by atoms with Crippen molar-refractivity contribution in [3.63, 3.8) is 0 Å². The summed E-state index contributed by atoms with van der Waals surface area (Å²) in [5, 5.41) is 3.39. The predicted molar refractivity (Wildman–Crippen MR) is 64.4 cm³/mol. The van der Waals surface area contributed by atoms with Crippen molar-refractivity contribution in [2.75, 3.05) is 13.1 Å². The Morgan fingerprint density at radius 1 is 1.47 bits per heavy atom. The van der Waals surface area contributed by atoms with E-state index in [1.807, 2.05) is 12.3 Å². The highest BCUT2D eigenvalue weighted by atomic mass is 19.1. The summed E-state index contributed by atoms with van der Waals surface area (Å²) in [4.78, 5) is 4.46. The molecule has 90 valence electrons. The lowest BCUT2D eigenvalue weighted by atomic mass is 9.95. The second kappa shape index (κ2) is 4.45. The first kappa shape index (κ1) is 10.7. The minimum absolute atomic E-state index is 0.247. The number of hydrogen-bond donors (Lipinski definition) is 1. The monoisotopic (exact) mass is 233 g/mol. The van der Waals surface area contributed by atoms with Gasteiger partial charge < -0.3 is 5.32 Å². The number of imidazole rings is 1. The number of rotatable bonds is 2. The molecule has 1 aliphatic rings. The van der Waals surface area contributed by atoms with E-state index in [0.29, 0.717) is 11.6 Å². The van der Waals surface area contributed by atoms with Crippen LogP contribution in [0.3, 0.4) is 0 Å². The second-order valence-corrected chi connectivity index (χ2v) is 4.73. The standard InChI is InChI=1S/C13H16FN3/c14-12-4-1-5-13-16-11(9-17(12)13)7-10-3-2-6-15-8-10/h1,4-5,9-10,15H,2-3,6-8H2. The molecule has 3 nitrogen and oxygen atoms in total. The Balaban J connectivity index is 1.83. The van der Waals surface area contributed by atoms with Gasteiger partial charge in [0, 0.05) is 6.20 Å². The zero-order valence-corrected chi connectivity index (χ0v) is 9.69. The summed E-state index contributed by atoms with van der Waals surface area (Å²) in [7, 11) is 0. The van der Waals surface area contributed by atoms with Gasteiger partial charge in [-0.1, -0.05) is 6.07 Å². The molecule has 0 radical (unpaired) electrons. The van der Waals surface area contributed by atoms with Crippen molar-refractivity contribution in [2.45, 2.75) is 19.3 Å². The maximum atomic E-state index is 13.5. The Kier molecular flexibility index (Phi) is 2.81. The van der Waals surface area contributed by atoms with Crippen LogP contribution in [0, 0.1) is 11.9 Å². The molecule has 0 aliphatic carbocycles. The molecule has 1 atom stereocenters. The molecule has 1 saturated heterocycles. The highest BCUT2D eigenvalue weighted by Crippen LogP contribution is 2.17. The zero-order chi connectivity index (χ0) is 11.7. The molecule has 0 saturated carbocycles. The molecule has 0 bridgehead atoms. The summed E-state index contributed by atoms with van der Waals surface area (Å²) < 4.78 is 15.0. The van der Waals surface area contributed by atoms with Gasteiger partial charge in [0.2, 0.25) is 0 Å². The molecule has 1 N–H and O–H groups in total. The fourth-order valence-electron chi connectivity index (χ4n) is 2.52. The van der Waals surface area contributed by atoms with Gasteiger partial charge in [0.05, 0.1) is 5.69 Å². The number of fused-ring (bicyclic) bond motifs is 1. The second-order valence-electron chi connectivity index (χ2n) is 4.73. The van der Waals surface area contributed by atoms with Crippen molar-refractivity contribution < 1.29 is 4.39 Å². The van der Waals surface area contributed by atoms with Crippen molar-refractivity contribution in [1.82, 2.24) is 14.7 Å². The van der Waals surface area contributed by atoms with Crippen molar-refractivity contribution in [3.8, 4) is 0 Å². The minimum atomic E-state index is -0.247. The quantitative estimate of drug-likeness (QED) is 0.804. The van der Waals surface area contributed by atoms with E-state index < -0.39 is 0 Å². The summed E-state index contributed by atoms with van der Waals surface area (Å²) in [6.45, 7) is 2.17. The molecular formula is C13H16FN3. The zero-order valence-electron chi connectivity index (χ0n) is 9.69. The summed E-state index contributed by atoms with van der Waals surface area (Å²) in [6.07, 6.45) is 5.23. The number of nitrogens with zero attached hydrogens (tertiary/aromatic N) is 2. The van der Waals surface area contributed by atoms with Gasteiger partial charge in [-0.3, -0.25) is 4.40 Å². The van der Waals surface area contributed by atoms with Gasteiger partial charge in [-0.2, -0.15) is 4.39 Å². The first-order chi connectivity index (χ1) is 8.33. The first-order valence-electron chi connectivity index (χ1n) is 6.16. The van der Waals surface area contributed by atoms with Crippen LogP contribution in [0.15, 0.2) is 24.4 Å². The predicted octanol–water partition coefficient (Wildman–Crippen LogP) is 2.02. The third-order valence-electron chi connectivity index (χ3n) is 3.39. The van der Waals surface area contributed by atoms with Crippen LogP contribution >= 0.6 is 0 Å². The molecule has 1 unspecified atom stereocenters. The first-order valence-corrected chi connectivity index (χ1v) is 6.16. The Morgan fingerprint density at radius 2 is 2.41 bits per heavy atom. The van der Waals surface area contributed by atoms with Crippen LogP contribution in [-0.2, 0) is 6.42 Å². The van der Waals surface area contributed by atoms with Gasteiger partial charge in [0.1, 0.15) is 5.65 Å². The van der Waals surface area contributed by atoms with Gasteiger partial charge in [-0.25, -0.2) is 4.98 Å². The number of halogens is 1. The lowest BCUT2D eigenvalue weighted by Crippen LogP contribution is -2.30. The number of pyridine rings is 1. The van der Waals surface area contributed by atoms with E-state index >= 15 is 0 Å². The van der Waals surface area contributed by atoms with Crippen LogP contribution in [0.5, 0.6) is 0 Å². The maximum Gasteiger partial charge on any atom is 0.199 e. The molecule has 2 aromatic heterocycles. The van der Waals surface area contributed by atoms with Crippen LogP contribution in [0.2, 0.25) is 0 Å². The normalized spacial score (nSPS) is 20.9. The van der Waals surface area contributed by atoms with Crippen LogP contribution < -0.4 is 5.32 Å². The average Bonchev–Trinajstić information content (AvgIpc) is 2.74. The summed E-state index contributed by atoms with van der Waals surface area (Å²) in [5.74, 6) is 0.389. The molecule has 3 heterocycles. The summed E-state index contributed by atoms with van der Waals surface area (Å²) >= 11 is 0. The van der Waals surface area contributed by atoms with Crippen LogP contribution in [-0.4, -0.2) is 22.5 Å². The largest absolute Gasteiger partial charge is 0.316 e. The average molecular weight is 233 g/mol. The number of aromatic nitrogens is 2. The fourth-order valence-corrected chi connectivity index (χ4v) is 2.52. The van der Waals surface area contributed by atoms with Gasteiger partial charge in [0.15, 0.2) is 5.95 Å². The van der Waals surface area contributed by atoms with E-state index in [1.54, 1.807) is 6.07 Å². The van der Waals surface area contributed by atoms with Crippen molar-refractivity contribution in [3.05, 3.63) is 36.0 Å². The van der Waals surface area contributed by atoms with Gasteiger partial charge in [-0.05, 0) is 50.4 Å². The van der Waals surface area contributed by atoms with Crippen molar-refractivity contribution in [2.24, 2.45) is 5.92 Å². The van der Waals surface area contributed by atoms with Crippen LogP contribution in [0.4, 0.5) is 4.39 Å². The van der Waals surface area contributed by atoms with E-state index in [2.05, 4.69) is 10.3 Å². The van der Waals surface area contributed by atoms with Crippen LogP contribution in [0.1, 0.15) is 18.5 Å². The van der Waals surface area contributed by atoms with E-state index in [-0.39, 0.29) is 5.95 Å². The molecule has 17 heavy (non-hydrogen) atoms. The SMILES string of the molecule is Fc1cccc2nc(CC3CCCNC3)cn12. The Hall–Kier alpha value is -1.42. The fraction of sp³-hybridized carbons (Fsp3) is 0.462. The number of nitrogens with one attached hydrogen (secondary N) is 1. The Labute approximate surface area is 99.7 Å². The van der Waals surface area contributed by atoms with Gasteiger partial charge in [-0.15, -0.1) is 0 Å². The maximum absolute atomic E-state index is 13.5. The third-order valence-corrected chi connectivity index (χ3v) is 3.39. The van der Waals surface area contributed by atoms with Gasteiger partial charge >= 0.3 is 0 Å². The molecule has 0 spiro atoms. The van der Waals surface area contributed by atoms with E-state index in [4.69, 9.17) is 0 Å². The number of hydrogen-bond acceptors (Lipinski definition) is 2. The molecule has 0 amide bonds. The summed E-state index contributed by atoms with van der Waals surface area (Å²) in [5.41, 5.74) is 1.69. The molecular weight excluding hydrogens is 217 g/mol. The third kappa shape index (κ3) is 2.17. The van der Waals surface area contributed by atoms with Gasteiger partial charge in [0.25, 0.3) is 0 Å². The van der Waals surface area contributed by atoms with Crippen molar-refractivity contribution in [1.29, 1.82) is 0 Å². The summed E-state index contributed by atoms with van der Waals surface area (Å²) in [6, 6.07) is 5.00. The van der Waals surface area contributed by atoms with E-state index in [9.17, 15) is 4.39 Å². The lowest BCUT2D eigenvalue weighted by Gasteiger charge is -2.21. The molecule has 2 aromatic rings. The Morgan fingerprint density at radius 3 is 3.18 bits per heavy atom. The lowest BCUT2D eigenvalue weighted by molar-refractivity contribution is 0.374. The van der Waals surface area contributed by atoms with Crippen LogP contribution in [0.25, 0.3) is 5.65 Å². The topological polar surface area (TPSA) is 29.3 Å². The number of piperidine rings is 1. The molecule has 3 rings (SSSR count). The molecule has 4 heteroatoms. The molecule has 1 fully saturated rings. The Bertz CT molecular complexity index is 514. The highest BCUT2D eigenvalue weighted by molar-refractivity contribution is 5.39. The minimum Gasteiger partial charge on any atom is -0.316 e. The molecule has 0 aromatic carbocycles. The van der Waals surface area contributed by atoms with Crippen molar-refractivity contribution >= 4 is 5.65 Å². The van der Waals surface area contributed by atoms with E-state index in [1.165, 1.54) is 23.3 Å².